The number of rotatable bonds is 5. The summed E-state index contributed by atoms with van der Waals surface area (Å²) in [5.74, 6) is -0.225. The second-order valence-electron chi connectivity index (χ2n) is 7.55. The molecule has 1 amide bonds. The number of benzene rings is 3. The van der Waals surface area contributed by atoms with Crippen molar-refractivity contribution in [2.75, 3.05) is 4.72 Å². The highest BCUT2D eigenvalue weighted by Crippen LogP contribution is 2.37. The van der Waals surface area contributed by atoms with Gasteiger partial charge >= 0.3 is 0 Å². The largest absolute Gasteiger partial charge is 0.280 e. The average molecular weight is 557 g/mol. The van der Waals surface area contributed by atoms with E-state index in [9.17, 15) is 13.2 Å². The van der Waals surface area contributed by atoms with Crippen LogP contribution in [0, 0.1) is 0 Å². The standard InChI is InChI=1S/C23H17Cl4N3O3S/c1-13(31)30-23(18-8-4-15(24)10-20(18)26)12-22(28-30)14-2-5-16(6-3-14)29-34(32,33)17-7-9-19(25)21(27)11-17/h2-11,23,29H,12H2,1H3. The molecule has 0 spiro atoms. The van der Waals surface area contributed by atoms with Crippen LogP contribution in [0.1, 0.15) is 30.5 Å². The minimum atomic E-state index is -3.86. The van der Waals surface area contributed by atoms with E-state index in [1.165, 1.54) is 30.1 Å². The fraction of sp³-hybridized carbons (Fsp3) is 0.130. The molecule has 0 saturated carbocycles. The Morgan fingerprint density at radius 1 is 0.941 bits per heavy atom. The van der Waals surface area contributed by atoms with E-state index in [-0.39, 0.29) is 26.9 Å². The Balaban J connectivity index is 1.56. The van der Waals surface area contributed by atoms with Crippen molar-refractivity contribution >= 4 is 73.7 Å². The van der Waals surface area contributed by atoms with Crippen molar-refractivity contribution in [3.05, 3.63) is 91.9 Å². The maximum Gasteiger partial charge on any atom is 0.261 e. The van der Waals surface area contributed by atoms with Crippen LogP contribution in [0.15, 0.2) is 70.7 Å². The van der Waals surface area contributed by atoms with Crippen molar-refractivity contribution in [1.29, 1.82) is 0 Å². The average Bonchev–Trinajstić information content (AvgIpc) is 3.21. The minimum Gasteiger partial charge on any atom is -0.280 e. The molecule has 34 heavy (non-hydrogen) atoms. The number of hydrogen-bond donors (Lipinski definition) is 1. The molecule has 11 heteroatoms. The number of anilines is 1. The molecule has 1 aliphatic rings. The quantitative estimate of drug-likeness (QED) is 0.375. The van der Waals surface area contributed by atoms with Crippen LogP contribution in [0.3, 0.4) is 0 Å². The molecule has 4 rings (SSSR count). The Bertz CT molecular complexity index is 1410. The first-order chi connectivity index (χ1) is 16.0. The van der Waals surface area contributed by atoms with Crippen molar-refractivity contribution < 1.29 is 13.2 Å². The molecule has 0 bridgehead atoms. The van der Waals surface area contributed by atoms with Crippen LogP contribution in [0.25, 0.3) is 0 Å². The van der Waals surface area contributed by atoms with E-state index in [1.807, 2.05) is 0 Å². The first kappa shape index (κ1) is 24.8. The molecule has 6 nitrogen and oxygen atoms in total. The number of sulfonamides is 1. The molecule has 0 saturated heterocycles. The second kappa shape index (κ2) is 9.76. The normalized spacial score (nSPS) is 15.9. The smallest absolute Gasteiger partial charge is 0.261 e. The molecular weight excluding hydrogens is 540 g/mol. The molecule has 3 aromatic carbocycles. The summed E-state index contributed by atoms with van der Waals surface area (Å²) in [6, 6.07) is 15.5. The molecule has 0 radical (unpaired) electrons. The van der Waals surface area contributed by atoms with Crippen LogP contribution < -0.4 is 4.72 Å². The predicted molar refractivity (Wildman–Crippen MR) is 137 cm³/mol. The Morgan fingerprint density at radius 3 is 2.26 bits per heavy atom. The third kappa shape index (κ3) is 5.19. The van der Waals surface area contributed by atoms with E-state index in [1.54, 1.807) is 42.5 Å². The Morgan fingerprint density at radius 2 is 1.65 bits per heavy atom. The zero-order chi connectivity index (χ0) is 24.6. The molecule has 3 aromatic rings. The number of hydrazone groups is 1. The summed E-state index contributed by atoms with van der Waals surface area (Å²) in [5.41, 5.74) is 2.52. The van der Waals surface area contributed by atoms with Gasteiger partial charge < -0.3 is 0 Å². The monoisotopic (exact) mass is 555 g/mol. The van der Waals surface area contributed by atoms with Crippen molar-refractivity contribution in [1.82, 2.24) is 5.01 Å². The number of hydrogen-bond acceptors (Lipinski definition) is 4. The molecule has 1 N–H and O–H groups in total. The lowest BCUT2D eigenvalue weighted by molar-refractivity contribution is -0.130. The third-order valence-corrected chi connectivity index (χ3v) is 7.91. The van der Waals surface area contributed by atoms with Gasteiger partial charge in [-0.2, -0.15) is 5.10 Å². The molecule has 1 heterocycles. The van der Waals surface area contributed by atoms with Gasteiger partial charge in [0.15, 0.2) is 0 Å². The molecule has 0 fully saturated rings. The SMILES string of the molecule is CC(=O)N1N=C(c2ccc(NS(=O)(=O)c3ccc(Cl)c(Cl)c3)cc2)CC1c1ccc(Cl)cc1Cl. The number of carbonyl (C=O) groups is 1. The van der Waals surface area contributed by atoms with Gasteiger partial charge in [0.25, 0.3) is 10.0 Å². The van der Waals surface area contributed by atoms with E-state index < -0.39 is 10.0 Å². The van der Waals surface area contributed by atoms with E-state index in [0.29, 0.717) is 27.9 Å². The van der Waals surface area contributed by atoms with Gasteiger partial charge in [0.1, 0.15) is 0 Å². The fourth-order valence-corrected chi connectivity index (χ4v) is 5.56. The molecule has 1 unspecified atom stereocenters. The third-order valence-electron chi connectivity index (χ3n) is 5.23. The van der Waals surface area contributed by atoms with E-state index in [4.69, 9.17) is 46.4 Å². The highest BCUT2D eigenvalue weighted by atomic mass is 35.5. The van der Waals surface area contributed by atoms with Crippen LogP contribution in [-0.2, 0) is 14.8 Å². The summed E-state index contributed by atoms with van der Waals surface area (Å²) in [4.78, 5) is 12.2. The number of nitrogens with zero attached hydrogens (tertiary/aromatic N) is 2. The molecule has 0 aromatic heterocycles. The molecule has 1 aliphatic heterocycles. The van der Waals surface area contributed by atoms with Gasteiger partial charge in [0, 0.05) is 29.1 Å². The van der Waals surface area contributed by atoms with E-state index >= 15 is 0 Å². The zero-order valence-corrected chi connectivity index (χ0v) is 21.4. The number of carbonyl (C=O) groups excluding carboxylic acids is 1. The molecule has 0 aliphatic carbocycles. The Labute approximate surface area is 217 Å². The lowest BCUT2D eigenvalue weighted by atomic mass is 9.98. The van der Waals surface area contributed by atoms with Gasteiger partial charge in [0.05, 0.1) is 26.7 Å². The van der Waals surface area contributed by atoms with E-state index in [0.717, 1.165) is 11.1 Å². The Hall–Kier alpha value is -2.29. The minimum absolute atomic E-state index is 0.00840. The zero-order valence-electron chi connectivity index (χ0n) is 17.6. The van der Waals surface area contributed by atoms with Gasteiger partial charge in [-0.15, -0.1) is 0 Å². The van der Waals surface area contributed by atoms with Crippen LogP contribution in [0.5, 0.6) is 0 Å². The molecule has 176 valence electrons. The first-order valence-electron chi connectivity index (χ1n) is 9.95. The summed E-state index contributed by atoms with van der Waals surface area (Å²) in [6.45, 7) is 1.43. The van der Waals surface area contributed by atoms with Gasteiger partial charge in [-0.25, -0.2) is 13.4 Å². The lowest BCUT2D eigenvalue weighted by Gasteiger charge is -2.21. The Kier molecular flexibility index (Phi) is 7.12. The highest BCUT2D eigenvalue weighted by Gasteiger charge is 2.32. The number of nitrogens with one attached hydrogen (secondary N) is 1. The number of amides is 1. The van der Waals surface area contributed by atoms with Crippen LogP contribution in [0.4, 0.5) is 5.69 Å². The van der Waals surface area contributed by atoms with Crippen molar-refractivity contribution in [3.63, 3.8) is 0 Å². The van der Waals surface area contributed by atoms with E-state index in [2.05, 4.69) is 9.82 Å². The van der Waals surface area contributed by atoms with Crippen LogP contribution in [0.2, 0.25) is 20.1 Å². The lowest BCUT2D eigenvalue weighted by Crippen LogP contribution is -2.24. The topological polar surface area (TPSA) is 78.8 Å². The highest BCUT2D eigenvalue weighted by molar-refractivity contribution is 7.92. The predicted octanol–water partition coefficient (Wildman–Crippen LogP) is 6.80. The summed E-state index contributed by atoms with van der Waals surface area (Å²) in [7, 11) is -3.86. The van der Waals surface area contributed by atoms with Crippen molar-refractivity contribution in [3.8, 4) is 0 Å². The second-order valence-corrected chi connectivity index (χ2v) is 10.9. The summed E-state index contributed by atoms with van der Waals surface area (Å²) < 4.78 is 27.9. The maximum atomic E-state index is 12.7. The van der Waals surface area contributed by atoms with Gasteiger partial charge in [-0.05, 0) is 53.6 Å². The van der Waals surface area contributed by atoms with Crippen molar-refractivity contribution in [2.24, 2.45) is 5.10 Å². The van der Waals surface area contributed by atoms with Gasteiger partial charge in [-0.1, -0.05) is 64.6 Å². The van der Waals surface area contributed by atoms with Crippen LogP contribution >= 0.6 is 46.4 Å². The molecular formula is C23H17Cl4N3O3S. The number of halogens is 4. The summed E-state index contributed by atoms with van der Waals surface area (Å²) in [6.07, 6.45) is 0.440. The maximum absolute atomic E-state index is 12.7. The van der Waals surface area contributed by atoms with Gasteiger partial charge in [-0.3, -0.25) is 9.52 Å². The fourth-order valence-electron chi connectivity index (χ4n) is 3.58. The first-order valence-corrected chi connectivity index (χ1v) is 12.9. The van der Waals surface area contributed by atoms with Gasteiger partial charge in [0.2, 0.25) is 5.91 Å². The molecule has 1 atom stereocenters. The van der Waals surface area contributed by atoms with Crippen molar-refractivity contribution in [2.45, 2.75) is 24.3 Å². The summed E-state index contributed by atoms with van der Waals surface area (Å²) >= 11 is 24.2. The summed E-state index contributed by atoms with van der Waals surface area (Å²) in [5, 5.41) is 7.25. The van der Waals surface area contributed by atoms with Crippen LogP contribution in [-0.4, -0.2) is 25.0 Å².